The molecule has 1 amide bonds. The number of rotatable bonds is 4. The molecule has 0 aromatic heterocycles. The molecule has 2 rings (SSSR count). The minimum Gasteiger partial charge on any atom is -0.508 e. The predicted molar refractivity (Wildman–Crippen MR) is 80.9 cm³/mol. The first-order valence-electron chi connectivity index (χ1n) is 6.62. The Morgan fingerprint density at radius 3 is 2.55 bits per heavy atom. The summed E-state index contributed by atoms with van der Waals surface area (Å²) >= 11 is 0. The molecule has 0 saturated carbocycles. The number of hydrogen-bond acceptors (Lipinski definition) is 4. The fourth-order valence-corrected chi connectivity index (χ4v) is 2.00. The lowest BCUT2D eigenvalue weighted by molar-refractivity contribution is -0.111. The molecule has 6 nitrogen and oxygen atoms in total. The van der Waals surface area contributed by atoms with Gasteiger partial charge in [-0.2, -0.15) is 0 Å². The maximum atomic E-state index is 11.8. The van der Waals surface area contributed by atoms with Gasteiger partial charge in [0.2, 0.25) is 5.91 Å². The predicted octanol–water partition coefficient (Wildman–Crippen LogP) is 2.75. The van der Waals surface area contributed by atoms with Crippen molar-refractivity contribution in [2.45, 2.75) is 12.8 Å². The molecule has 114 valence electrons. The van der Waals surface area contributed by atoms with Crippen molar-refractivity contribution in [2.24, 2.45) is 0 Å². The van der Waals surface area contributed by atoms with E-state index in [2.05, 4.69) is 5.32 Å². The van der Waals surface area contributed by atoms with Gasteiger partial charge in [-0.25, -0.2) is 4.79 Å². The Morgan fingerprint density at radius 2 is 1.86 bits per heavy atom. The molecule has 0 spiro atoms. The third-order valence-electron chi connectivity index (χ3n) is 3.07. The van der Waals surface area contributed by atoms with Crippen LogP contribution >= 0.6 is 0 Å². The summed E-state index contributed by atoms with van der Waals surface area (Å²) in [6.07, 6.45) is 7.63. The number of phenols is 1. The number of carboxylic acid groups (broad SMARTS) is 1. The van der Waals surface area contributed by atoms with E-state index in [4.69, 9.17) is 5.11 Å². The van der Waals surface area contributed by atoms with Gasteiger partial charge in [-0.3, -0.25) is 4.79 Å². The SMILES string of the molecule is O=C(/C=C/C1=CCCC=C1O)Nc1cc(O)ccc1C(=O)O. The van der Waals surface area contributed by atoms with Crippen LogP contribution in [0.4, 0.5) is 5.69 Å². The highest BCUT2D eigenvalue weighted by atomic mass is 16.4. The molecule has 0 atom stereocenters. The van der Waals surface area contributed by atoms with Crippen molar-refractivity contribution in [3.8, 4) is 5.75 Å². The largest absolute Gasteiger partial charge is 0.508 e. The van der Waals surface area contributed by atoms with Gasteiger partial charge >= 0.3 is 5.97 Å². The topological polar surface area (TPSA) is 107 Å². The quantitative estimate of drug-likeness (QED) is 0.640. The van der Waals surface area contributed by atoms with Crippen molar-refractivity contribution >= 4 is 17.6 Å². The second-order valence-electron chi connectivity index (χ2n) is 4.68. The van der Waals surface area contributed by atoms with Gasteiger partial charge in [0.05, 0.1) is 11.3 Å². The highest BCUT2D eigenvalue weighted by molar-refractivity contribution is 6.04. The van der Waals surface area contributed by atoms with Crippen molar-refractivity contribution in [3.05, 3.63) is 59.4 Å². The zero-order chi connectivity index (χ0) is 16.1. The fraction of sp³-hybridized carbons (Fsp3) is 0.125. The summed E-state index contributed by atoms with van der Waals surface area (Å²) in [6.45, 7) is 0. The van der Waals surface area contributed by atoms with Crippen LogP contribution in [0.3, 0.4) is 0 Å². The van der Waals surface area contributed by atoms with E-state index in [1.165, 1.54) is 24.3 Å². The average molecular weight is 301 g/mol. The van der Waals surface area contributed by atoms with Crippen LogP contribution in [0.2, 0.25) is 0 Å². The van der Waals surface area contributed by atoms with E-state index in [1.54, 1.807) is 12.2 Å². The number of aromatic carboxylic acids is 1. The lowest BCUT2D eigenvalue weighted by atomic mass is 10.0. The molecule has 1 aliphatic rings. The third-order valence-corrected chi connectivity index (χ3v) is 3.07. The van der Waals surface area contributed by atoms with E-state index in [0.717, 1.165) is 18.9 Å². The molecule has 22 heavy (non-hydrogen) atoms. The number of carboxylic acids is 1. The molecule has 0 unspecified atom stereocenters. The molecule has 1 aromatic rings. The summed E-state index contributed by atoms with van der Waals surface area (Å²) in [7, 11) is 0. The normalized spacial score (nSPS) is 14.4. The number of anilines is 1. The van der Waals surface area contributed by atoms with Gasteiger partial charge in [0, 0.05) is 17.7 Å². The number of phenolic OH excluding ortho intramolecular Hbond substituents is 1. The standard InChI is InChI=1S/C16H15NO5/c18-11-6-7-12(16(21)22)13(9-11)17-15(20)8-5-10-3-1-2-4-14(10)19/h3-9,18-19H,1-2H2,(H,17,20)(H,21,22)/b8-5+. The maximum Gasteiger partial charge on any atom is 0.337 e. The summed E-state index contributed by atoms with van der Waals surface area (Å²) in [6, 6.07) is 3.59. The van der Waals surface area contributed by atoms with E-state index >= 15 is 0 Å². The summed E-state index contributed by atoms with van der Waals surface area (Å²) < 4.78 is 0. The number of hydrogen-bond donors (Lipinski definition) is 4. The number of aliphatic hydroxyl groups is 1. The smallest absolute Gasteiger partial charge is 0.337 e. The third kappa shape index (κ3) is 3.76. The number of nitrogens with one attached hydrogen (secondary N) is 1. The summed E-state index contributed by atoms with van der Waals surface area (Å²) in [5.41, 5.74) is 0.412. The Hall–Kier alpha value is -3.02. The first-order valence-corrected chi connectivity index (χ1v) is 6.62. The lowest BCUT2D eigenvalue weighted by Gasteiger charge is -2.08. The molecule has 0 bridgehead atoms. The minimum absolute atomic E-state index is 0.000428. The van der Waals surface area contributed by atoms with Crippen LogP contribution in [0.25, 0.3) is 0 Å². The molecule has 6 heteroatoms. The van der Waals surface area contributed by atoms with E-state index in [9.17, 15) is 19.8 Å². The molecule has 1 aliphatic carbocycles. The van der Waals surface area contributed by atoms with Gasteiger partial charge in [-0.15, -0.1) is 0 Å². The summed E-state index contributed by atoms with van der Waals surface area (Å²) in [5.74, 6) is -1.82. The van der Waals surface area contributed by atoms with E-state index in [0.29, 0.717) is 5.57 Å². The number of aliphatic hydroxyl groups excluding tert-OH is 1. The van der Waals surface area contributed by atoms with Crippen molar-refractivity contribution in [3.63, 3.8) is 0 Å². The van der Waals surface area contributed by atoms with Gasteiger partial charge in [0.1, 0.15) is 11.5 Å². The lowest BCUT2D eigenvalue weighted by Crippen LogP contribution is -2.12. The number of aromatic hydroxyl groups is 1. The molecule has 0 fully saturated rings. The molecular formula is C16H15NO5. The van der Waals surface area contributed by atoms with Crippen LogP contribution in [-0.2, 0) is 4.79 Å². The van der Waals surface area contributed by atoms with Crippen LogP contribution in [0.1, 0.15) is 23.2 Å². The Labute approximate surface area is 126 Å². The van der Waals surface area contributed by atoms with Crippen LogP contribution < -0.4 is 5.32 Å². The summed E-state index contributed by atoms with van der Waals surface area (Å²) in [4.78, 5) is 22.9. The van der Waals surface area contributed by atoms with Gasteiger partial charge in [0.25, 0.3) is 0 Å². The molecule has 0 radical (unpaired) electrons. The number of carbonyl (C=O) groups is 2. The number of carbonyl (C=O) groups excluding carboxylic acids is 1. The van der Waals surface area contributed by atoms with Crippen LogP contribution in [0, 0.1) is 0 Å². The number of benzene rings is 1. The maximum absolute atomic E-state index is 11.8. The summed E-state index contributed by atoms with van der Waals surface area (Å²) in [5, 5.41) is 30.4. The van der Waals surface area contributed by atoms with E-state index in [1.807, 2.05) is 0 Å². The number of amides is 1. The van der Waals surface area contributed by atoms with E-state index < -0.39 is 11.9 Å². The molecule has 0 heterocycles. The van der Waals surface area contributed by atoms with Gasteiger partial charge in [-0.05, 0) is 37.1 Å². The molecule has 4 N–H and O–H groups in total. The molecular weight excluding hydrogens is 286 g/mol. The highest BCUT2D eigenvalue weighted by Gasteiger charge is 2.12. The van der Waals surface area contributed by atoms with Gasteiger partial charge in [0.15, 0.2) is 0 Å². The Bertz CT molecular complexity index is 700. The zero-order valence-corrected chi connectivity index (χ0v) is 11.6. The van der Waals surface area contributed by atoms with Crippen LogP contribution in [0.15, 0.2) is 53.8 Å². The Balaban J connectivity index is 2.13. The Kier molecular flexibility index (Phi) is 4.63. The molecule has 0 saturated heterocycles. The monoisotopic (exact) mass is 301 g/mol. The van der Waals surface area contributed by atoms with Crippen LogP contribution in [-0.4, -0.2) is 27.2 Å². The van der Waals surface area contributed by atoms with E-state index in [-0.39, 0.29) is 22.8 Å². The second kappa shape index (κ2) is 6.62. The van der Waals surface area contributed by atoms with Crippen molar-refractivity contribution < 1.29 is 24.9 Å². The minimum atomic E-state index is -1.21. The second-order valence-corrected chi connectivity index (χ2v) is 4.68. The van der Waals surface area contributed by atoms with Crippen molar-refractivity contribution in [2.75, 3.05) is 5.32 Å². The number of allylic oxidation sites excluding steroid dienone is 3. The van der Waals surface area contributed by atoms with Crippen LogP contribution in [0.5, 0.6) is 5.75 Å². The Morgan fingerprint density at radius 1 is 1.14 bits per heavy atom. The molecule has 0 aliphatic heterocycles. The van der Waals surface area contributed by atoms with Gasteiger partial charge < -0.3 is 20.6 Å². The van der Waals surface area contributed by atoms with Crippen molar-refractivity contribution in [1.29, 1.82) is 0 Å². The fourth-order valence-electron chi connectivity index (χ4n) is 2.00. The highest BCUT2D eigenvalue weighted by Crippen LogP contribution is 2.22. The van der Waals surface area contributed by atoms with Gasteiger partial charge in [-0.1, -0.05) is 6.08 Å². The first-order chi connectivity index (χ1) is 10.5. The first kappa shape index (κ1) is 15.4. The van der Waals surface area contributed by atoms with Crippen molar-refractivity contribution in [1.82, 2.24) is 0 Å². The zero-order valence-electron chi connectivity index (χ0n) is 11.6. The average Bonchev–Trinajstić information content (AvgIpc) is 2.46. The molecule has 1 aromatic carbocycles.